The van der Waals surface area contributed by atoms with Gasteiger partial charge >= 0.3 is 0 Å². The third-order valence-electron chi connectivity index (χ3n) is 4.69. The molecule has 1 saturated heterocycles. The van der Waals surface area contributed by atoms with Gasteiger partial charge in [-0.25, -0.2) is 13.6 Å². The second-order valence-electron chi connectivity index (χ2n) is 6.81. The number of primary sulfonamides is 1. The largest absolute Gasteiger partial charge is 0.352 e. The maximum atomic E-state index is 12.4. The van der Waals surface area contributed by atoms with Crippen molar-refractivity contribution in [3.8, 4) is 0 Å². The van der Waals surface area contributed by atoms with Crippen molar-refractivity contribution in [3.63, 3.8) is 0 Å². The van der Waals surface area contributed by atoms with Gasteiger partial charge in [-0.1, -0.05) is 24.3 Å². The highest BCUT2D eigenvalue weighted by Crippen LogP contribution is 2.15. The number of carbonyl (C=O) groups excluding carboxylic acids is 2. The summed E-state index contributed by atoms with van der Waals surface area (Å²) in [5.41, 5.74) is 2.38. The molecule has 0 aliphatic carbocycles. The fourth-order valence-electron chi connectivity index (χ4n) is 3.17. The van der Waals surface area contributed by atoms with Gasteiger partial charge < -0.3 is 10.2 Å². The van der Waals surface area contributed by atoms with Crippen molar-refractivity contribution in [2.45, 2.75) is 30.7 Å². The van der Waals surface area contributed by atoms with Crippen LogP contribution in [0.5, 0.6) is 0 Å². The minimum atomic E-state index is -3.70. The molecule has 2 aromatic carbocycles. The van der Waals surface area contributed by atoms with Crippen molar-refractivity contribution in [1.29, 1.82) is 0 Å². The number of carbonyl (C=O) groups is 2. The van der Waals surface area contributed by atoms with Crippen LogP contribution < -0.4 is 10.5 Å². The number of hydrogen-bond donors (Lipinski definition) is 2. The average molecular weight is 401 g/mol. The van der Waals surface area contributed by atoms with E-state index in [0.717, 1.165) is 24.1 Å². The van der Waals surface area contributed by atoms with E-state index < -0.39 is 10.0 Å². The Hall–Kier alpha value is -2.71. The molecule has 0 spiro atoms. The smallest absolute Gasteiger partial charge is 0.251 e. The van der Waals surface area contributed by atoms with Crippen LogP contribution in [-0.2, 0) is 27.8 Å². The highest BCUT2D eigenvalue weighted by atomic mass is 32.2. The summed E-state index contributed by atoms with van der Waals surface area (Å²) in [6.45, 7) is 1.71. The van der Waals surface area contributed by atoms with Crippen LogP contribution in [-0.4, -0.2) is 38.2 Å². The Morgan fingerprint density at radius 3 is 2.50 bits per heavy atom. The first-order valence-electron chi connectivity index (χ1n) is 9.09. The molecule has 28 heavy (non-hydrogen) atoms. The van der Waals surface area contributed by atoms with Crippen molar-refractivity contribution in [3.05, 3.63) is 65.2 Å². The van der Waals surface area contributed by atoms with E-state index in [1.165, 1.54) is 12.1 Å². The lowest BCUT2D eigenvalue weighted by Crippen LogP contribution is -2.26. The summed E-state index contributed by atoms with van der Waals surface area (Å²) in [4.78, 5) is 26.0. The van der Waals surface area contributed by atoms with E-state index in [2.05, 4.69) is 5.32 Å². The van der Waals surface area contributed by atoms with E-state index in [1.54, 1.807) is 18.2 Å². The fraction of sp³-hybridized carbons (Fsp3) is 0.300. The molecule has 1 aliphatic rings. The van der Waals surface area contributed by atoms with Gasteiger partial charge in [-0.2, -0.15) is 0 Å². The molecule has 0 unspecified atom stereocenters. The molecule has 8 heteroatoms. The number of nitrogens with zero attached hydrogens (tertiary/aromatic N) is 1. The molecule has 0 saturated carbocycles. The van der Waals surface area contributed by atoms with Crippen molar-refractivity contribution >= 4 is 21.8 Å². The Balaban J connectivity index is 1.53. The Bertz CT molecular complexity index is 971. The topological polar surface area (TPSA) is 110 Å². The molecule has 2 amide bonds. The Kier molecular flexibility index (Phi) is 6.11. The van der Waals surface area contributed by atoms with Crippen LogP contribution >= 0.6 is 0 Å². The second-order valence-corrected chi connectivity index (χ2v) is 8.38. The first-order chi connectivity index (χ1) is 13.3. The normalized spacial score (nSPS) is 14.3. The SMILES string of the molecule is NS(=O)(=O)c1ccc(CCNC(=O)c2cccc(CN3CCCC3=O)c2)cc1. The van der Waals surface area contributed by atoms with Gasteiger partial charge in [0.2, 0.25) is 15.9 Å². The first-order valence-corrected chi connectivity index (χ1v) is 10.6. The van der Waals surface area contributed by atoms with Crippen molar-refractivity contribution in [2.75, 3.05) is 13.1 Å². The van der Waals surface area contributed by atoms with E-state index in [0.29, 0.717) is 31.5 Å². The van der Waals surface area contributed by atoms with Crippen LogP contribution in [0, 0.1) is 0 Å². The lowest BCUT2D eigenvalue weighted by Gasteiger charge is -2.16. The summed E-state index contributed by atoms with van der Waals surface area (Å²) in [6.07, 6.45) is 2.05. The summed E-state index contributed by atoms with van der Waals surface area (Å²) >= 11 is 0. The molecular weight excluding hydrogens is 378 g/mol. The predicted molar refractivity (Wildman–Crippen MR) is 105 cm³/mol. The van der Waals surface area contributed by atoms with E-state index in [-0.39, 0.29) is 16.7 Å². The minimum Gasteiger partial charge on any atom is -0.352 e. The second kappa shape index (κ2) is 8.53. The molecule has 3 N–H and O–H groups in total. The lowest BCUT2D eigenvalue weighted by atomic mass is 10.1. The highest BCUT2D eigenvalue weighted by molar-refractivity contribution is 7.89. The number of rotatable bonds is 7. The quantitative estimate of drug-likeness (QED) is 0.731. The monoisotopic (exact) mass is 401 g/mol. The van der Waals surface area contributed by atoms with Gasteiger partial charge in [0.1, 0.15) is 0 Å². The Morgan fingerprint density at radius 2 is 1.86 bits per heavy atom. The molecule has 0 atom stereocenters. The van der Waals surface area contributed by atoms with Crippen LogP contribution in [0.3, 0.4) is 0 Å². The van der Waals surface area contributed by atoms with Crippen LogP contribution in [0.25, 0.3) is 0 Å². The zero-order valence-electron chi connectivity index (χ0n) is 15.4. The number of nitrogens with two attached hydrogens (primary N) is 1. The number of sulfonamides is 1. The van der Waals surface area contributed by atoms with Gasteiger partial charge in [0.15, 0.2) is 0 Å². The van der Waals surface area contributed by atoms with Gasteiger partial charge in [0, 0.05) is 31.6 Å². The molecule has 0 radical (unpaired) electrons. The zero-order chi connectivity index (χ0) is 20.1. The molecule has 1 fully saturated rings. The molecule has 2 aromatic rings. The van der Waals surface area contributed by atoms with E-state index >= 15 is 0 Å². The molecule has 3 rings (SSSR count). The van der Waals surface area contributed by atoms with Crippen LogP contribution in [0.2, 0.25) is 0 Å². The lowest BCUT2D eigenvalue weighted by molar-refractivity contribution is -0.128. The number of benzene rings is 2. The third-order valence-corrected chi connectivity index (χ3v) is 5.61. The molecule has 0 bridgehead atoms. The Labute approximate surface area is 164 Å². The minimum absolute atomic E-state index is 0.0635. The molecule has 7 nitrogen and oxygen atoms in total. The van der Waals surface area contributed by atoms with Crippen LogP contribution in [0.4, 0.5) is 0 Å². The number of amides is 2. The van der Waals surface area contributed by atoms with Gasteiger partial charge in [-0.15, -0.1) is 0 Å². The number of hydrogen-bond acceptors (Lipinski definition) is 4. The van der Waals surface area contributed by atoms with Crippen molar-refractivity contribution < 1.29 is 18.0 Å². The first kappa shape index (κ1) is 20.0. The third kappa shape index (κ3) is 5.17. The van der Waals surface area contributed by atoms with Crippen LogP contribution in [0.15, 0.2) is 53.4 Å². The fourth-order valence-corrected chi connectivity index (χ4v) is 3.69. The summed E-state index contributed by atoms with van der Waals surface area (Å²) in [6, 6.07) is 13.5. The maximum absolute atomic E-state index is 12.4. The number of likely N-dealkylation sites (tertiary alicyclic amines) is 1. The predicted octanol–water partition coefficient (Wildman–Crippen LogP) is 1.43. The van der Waals surface area contributed by atoms with Crippen molar-refractivity contribution in [2.24, 2.45) is 5.14 Å². The molecule has 0 aromatic heterocycles. The zero-order valence-corrected chi connectivity index (χ0v) is 16.2. The Morgan fingerprint density at radius 1 is 1.11 bits per heavy atom. The highest BCUT2D eigenvalue weighted by Gasteiger charge is 2.20. The summed E-state index contributed by atoms with van der Waals surface area (Å²) in [7, 11) is -3.70. The van der Waals surface area contributed by atoms with E-state index in [4.69, 9.17) is 5.14 Å². The van der Waals surface area contributed by atoms with Gasteiger partial charge in [-0.05, 0) is 48.2 Å². The molecule has 148 valence electrons. The van der Waals surface area contributed by atoms with E-state index in [9.17, 15) is 18.0 Å². The molecule has 1 aliphatic heterocycles. The van der Waals surface area contributed by atoms with Gasteiger partial charge in [0.25, 0.3) is 5.91 Å². The summed E-state index contributed by atoms with van der Waals surface area (Å²) in [5, 5.41) is 7.94. The average Bonchev–Trinajstić information content (AvgIpc) is 3.06. The molecular formula is C20H23N3O4S. The maximum Gasteiger partial charge on any atom is 0.251 e. The van der Waals surface area contributed by atoms with Crippen molar-refractivity contribution in [1.82, 2.24) is 10.2 Å². The summed E-state index contributed by atoms with van der Waals surface area (Å²) < 4.78 is 22.5. The van der Waals surface area contributed by atoms with E-state index in [1.807, 2.05) is 23.1 Å². The molecule has 1 heterocycles. The summed E-state index contributed by atoms with van der Waals surface area (Å²) in [5.74, 6) is -0.0286. The van der Waals surface area contributed by atoms with Gasteiger partial charge in [-0.3, -0.25) is 9.59 Å². The van der Waals surface area contributed by atoms with Crippen LogP contribution in [0.1, 0.15) is 34.3 Å². The standard InChI is InChI=1S/C20H23N3O4S/c21-28(26,27)18-8-6-15(7-9-18)10-11-22-20(25)17-4-1-3-16(13-17)14-23-12-2-5-19(23)24/h1,3-4,6-9,13H,2,5,10-12,14H2,(H,22,25)(H2,21,26,27). The van der Waals surface area contributed by atoms with Gasteiger partial charge in [0.05, 0.1) is 4.90 Å². The number of nitrogens with one attached hydrogen (secondary N) is 1.